The van der Waals surface area contributed by atoms with E-state index in [1.165, 1.54) is 0 Å². The van der Waals surface area contributed by atoms with Crippen molar-refractivity contribution in [2.45, 2.75) is 12.5 Å². The SMILES string of the molecule is N[C@H]1CCOc2c(Cl)cc(Cl)c(Cl)c21. The average Bonchev–Trinajstić information content (AvgIpc) is 2.14. The molecule has 0 bridgehead atoms. The Morgan fingerprint density at radius 2 is 2.00 bits per heavy atom. The number of benzene rings is 1. The number of rotatable bonds is 0. The van der Waals surface area contributed by atoms with Crippen LogP contribution in [-0.4, -0.2) is 6.61 Å². The Kier molecular flexibility index (Phi) is 2.80. The summed E-state index contributed by atoms with van der Waals surface area (Å²) in [7, 11) is 0. The van der Waals surface area contributed by atoms with E-state index in [0.29, 0.717) is 27.4 Å². The van der Waals surface area contributed by atoms with Gasteiger partial charge in [-0.1, -0.05) is 34.8 Å². The van der Waals surface area contributed by atoms with Gasteiger partial charge in [-0.05, 0) is 6.07 Å². The van der Waals surface area contributed by atoms with Crippen LogP contribution in [-0.2, 0) is 0 Å². The summed E-state index contributed by atoms with van der Waals surface area (Å²) in [5.74, 6) is 0.569. The summed E-state index contributed by atoms with van der Waals surface area (Å²) in [5, 5.41) is 1.32. The van der Waals surface area contributed by atoms with Gasteiger partial charge >= 0.3 is 0 Å². The first kappa shape index (κ1) is 10.4. The van der Waals surface area contributed by atoms with Gasteiger partial charge in [0.2, 0.25) is 0 Å². The Bertz CT molecular complexity index is 381. The lowest BCUT2D eigenvalue weighted by atomic mass is 10.0. The first-order chi connectivity index (χ1) is 6.61. The van der Waals surface area contributed by atoms with Gasteiger partial charge in [0.25, 0.3) is 0 Å². The number of hydrogen-bond acceptors (Lipinski definition) is 2. The predicted molar refractivity (Wildman–Crippen MR) is 58.5 cm³/mol. The van der Waals surface area contributed by atoms with Crippen LogP contribution in [0.15, 0.2) is 6.07 Å². The highest BCUT2D eigenvalue weighted by atomic mass is 35.5. The Hall–Kier alpha value is -0.150. The largest absolute Gasteiger partial charge is 0.492 e. The maximum absolute atomic E-state index is 6.03. The first-order valence-corrected chi connectivity index (χ1v) is 5.30. The van der Waals surface area contributed by atoms with Crippen LogP contribution in [0.25, 0.3) is 0 Å². The van der Waals surface area contributed by atoms with Gasteiger partial charge in [-0.3, -0.25) is 0 Å². The summed E-state index contributed by atoms with van der Waals surface area (Å²) >= 11 is 17.9. The van der Waals surface area contributed by atoms with Crippen LogP contribution < -0.4 is 10.5 Å². The highest BCUT2D eigenvalue weighted by Crippen LogP contribution is 2.44. The minimum absolute atomic E-state index is 0.151. The zero-order valence-electron chi connectivity index (χ0n) is 7.19. The zero-order chi connectivity index (χ0) is 10.3. The Labute approximate surface area is 96.9 Å². The van der Waals surface area contributed by atoms with E-state index in [0.717, 1.165) is 12.0 Å². The van der Waals surface area contributed by atoms with Crippen LogP contribution in [0, 0.1) is 0 Å². The molecule has 2 N–H and O–H groups in total. The van der Waals surface area contributed by atoms with Crippen molar-refractivity contribution in [3.8, 4) is 5.75 Å². The van der Waals surface area contributed by atoms with Gasteiger partial charge in [-0.25, -0.2) is 0 Å². The molecule has 0 amide bonds. The summed E-state index contributed by atoms with van der Waals surface area (Å²) in [5.41, 5.74) is 6.62. The van der Waals surface area contributed by atoms with E-state index in [1.807, 2.05) is 0 Å². The van der Waals surface area contributed by atoms with Crippen molar-refractivity contribution in [2.24, 2.45) is 5.73 Å². The van der Waals surface area contributed by atoms with Gasteiger partial charge in [0.15, 0.2) is 0 Å². The second-order valence-electron chi connectivity index (χ2n) is 3.14. The summed E-state index contributed by atoms with van der Waals surface area (Å²) in [6, 6.07) is 1.42. The number of hydrogen-bond donors (Lipinski definition) is 1. The molecule has 0 saturated carbocycles. The molecule has 76 valence electrons. The average molecular weight is 253 g/mol. The lowest BCUT2D eigenvalue weighted by Crippen LogP contribution is -2.21. The molecule has 1 aromatic carbocycles. The van der Waals surface area contributed by atoms with E-state index >= 15 is 0 Å². The molecule has 0 radical (unpaired) electrons. The highest BCUT2D eigenvalue weighted by molar-refractivity contribution is 6.44. The molecule has 2 nitrogen and oxygen atoms in total. The molecule has 1 aliphatic rings. The van der Waals surface area contributed by atoms with Crippen molar-refractivity contribution in [3.63, 3.8) is 0 Å². The van der Waals surface area contributed by atoms with Crippen LogP contribution in [0.4, 0.5) is 0 Å². The molecule has 0 unspecified atom stereocenters. The van der Waals surface area contributed by atoms with E-state index in [-0.39, 0.29) is 6.04 Å². The fourth-order valence-corrected chi connectivity index (χ4v) is 2.32. The second-order valence-corrected chi connectivity index (χ2v) is 4.33. The minimum Gasteiger partial charge on any atom is -0.492 e. The third-order valence-electron chi connectivity index (χ3n) is 2.21. The van der Waals surface area contributed by atoms with Crippen molar-refractivity contribution >= 4 is 34.8 Å². The molecule has 0 aliphatic carbocycles. The monoisotopic (exact) mass is 251 g/mol. The van der Waals surface area contributed by atoms with Crippen LogP contribution in [0.3, 0.4) is 0 Å². The maximum atomic E-state index is 6.03. The molecular formula is C9H8Cl3NO. The molecule has 14 heavy (non-hydrogen) atoms. The van der Waals surface area contributed by atoms with Crippen LogP contribution in [0.5, 0.6) is 5.75 Å². The molecular weight excluding hydrogens is 244 g/mol. The molecule has 0 fully saturated rings. The molecule has 0 saturated heterocycles. The Balaban J connectivity index is 2.67. The number of nitrogens with two attached hydrogens (primary N) is 1. The molecule has 0 spiro atoms. The van der Waals surface area contributed by atoms with Crippen molar-refractivity contribution in [2.75, 3.05) is 6.61 Å². The highest BCUT2D eigenvalue weighted by Gasteiger charge is 2.25. The quantitative estimate of drug-likeness (QED) is 0.718. The summed E-state index contributed by atoms with van der Waals surface area (Å²) < 4.78 is 5.41. The molecule has 0 aromatic heterocycles. The normalized spacial score (nSPS) is 20.1. The van der Waals surface area contributed by atoms with E-state index in [4.69, 9.17) is 45.3 Å². The number of halogens is 3. The van der Waals surface area contributed by atoms with E-state index in [1.54, 1.807) is 6.07 Å². The Morgan fingerprint density at radius 3 is 2.71 bits per heavy atom. The summed E-state index contributed by atoms with van der Waals surface area (Å²) in [6.07, 6.45) is 0.726. The second kappa shape index (κ2) is 3.78. The van der Waals surface area contributed by atoms with Gasteiger partial charge in [-0.2, -0.15) is 0 Å². The standard InChI is InChI=1S/C9H8Cl3NO/c10-4-3-5(11)9-7(8(4)12)6(13)1-2-14-9/h3,6H,1-2,13H2/t6-/m0/s1. The zero-order valence-corrected chi connectivity index (χ0v) is 9.46. The molecule has 5 heteroatoms. The topological polar surface area (TPSA) is 35.2 Å². The van der Waals surface area contributed by atoms with Crippen molar-refractivity contribution in [1.29, 1.82) is 0 Å². The van der Waals surface area contributed by atoms with E-state index in [2.05, 4.69) is 0 Å². The molecule has 1 heterocycles. The smallest absolute Gasteiger partial charge is 0.144 e. The van der Waals surface area contributed by atoms with E-state index < -0.39 is 0 Å². The van der Waals surface area contributed by atoms with Gasteiger partial charge < -0.3 is 10.5 Å². The maximum Gasteiger partial charge on any atom is 0.144 e. The fraction of sp³-hybridized carbons (Fsp3) is 0.333. The van der Waals surface area contributed by atoms with E-state index in [9.17, 15) is 0 Å². The molecule has 1 atom stereocenters. The van der Waals surface area contributed by atoms with Crippen LogP contribution in [0.2, 0.25) is 15.1 Å². The lowest BCUT2D eigenvalue weighted by molar-refractivity contribution is 0.269. The minimum atomic E-state index is -0.151. The van der Waals surface area contributed by atoms with Gasteiger partial charge in [0.05, 0.1) is 21.7 Å². The number of fused-ring (bicyclic) bond motifs is 1. The molecule has 2 rings (SSSR count). The van der Waals surface area contributed by atoms with Crippen molar-refractivity contribution in [1.82, 2.24) is 0 Å². The molecule has 1 aromatic rings. The number of ether oxygens (including phenoxy) is 1. The van der Waals surface area contributed by atoms with Crippen molar-refractivity contribution in [3.05, 3.63) is 26.7 Å². The fourth-order valence-electron chi connectivity index (χ4n) is 1.51. The van der Waals surface area contributed by atoms with Crippen molar-refractivity contribution < 1.29 is 4.74 Å². The third kappa shape index (κ3) is 1.57. The van der Waals surface area contributed by atoms with Crippen LogP contribution >= 0.6 is 34.8 Å². The first-order valence-electron chi connectivity index (χ1n) is 4.17. The molecule has 1 aliphatic heterocycles. The predicted octanol–water partition coefficient (Wildman–Crippen LogP) is 3.43. The summed E-state index contributed by atoms with van der Waals surface area (Å²) in [4.78, 5) is 0. The van der Waals surface area contributed by atoms with Gasteiger partial charge in [-0.15, -0.1) is 0 Å². The van der Waals surface area contributed by atoms with Gasteiger partial charge in [0, 0.05) is 18.0 Å². The lowest BCUT2D eigenvalue weighted by Gasteiger charge is -2.25. The van der Waals surface area contributed by atoms with Gasteiger partial charge in [0.1, 0.15) is 5.75 Å². The third-order valence-corrected chi connectivity index (χ3v) is 3.29. The van der Waals surface area contributed by atoms with Crippen LogP contribution in [0.1, 0.15) is 18.0 Å². The summed E-state index contributed by atoms with van der Waals surface area (Å²) in [6.45, 7) is 0.561. The Morgan fingerprint density at radius 1 is 1.29 bits per heavy atom.